The SMILES string of the molecule is CC(C)(C)NCc1ccccc1-n1cccn1. The van der Waals surface area contributed by atoms with Crippen LogP contribution in [0.5, 0.6) is 0 Å². The summed E-state index contributed by atoms with van der Waals surface area (Å²) in [5, 5.41) is 7.78. The minimum atomic E-state index is 0.122. The molecule has 2 aromatic rings. The van der Waals surface area contributed by atoms with E-state index in [1.54, 1.807) is 6.20 Å². The van der Waals surface area contributed by atoms with E-state index >= 15 is 0 Å². The molecule has 90 valence electrons. The van der Waals surface area contributed by atoms with Gasteiger partial charge in [0.15, 0.2) is 0 Å². The Morgan fingerprint density at radius 3 is 2.59 bits per heavy atom. The van der Waals surface area contributed by atoms with Crippen LogP contribution in [0, 0.1) is 0 Å². The van der Waals surface area contributed by atoms with Crippen LogP contribution in [0.1, 0.15) is 26.3 Å². The van der Waals surface area contributed by atoms with Gasteiger partial charge in [0, 0.05) is 24.5 Å². The molecule has 0 aliphatic carbocycles. The van der Waals surface area contributed by atoms with Gasteiger partial charge in [-0.3, -0.25) is 0 Å². The van der Waals surface area contributed by atoms with Gasteiger partial charge < -0.3 is 5.32 Å². The topological polar surface area (TPSA) is 29.9 Å². The van der Waals surface area contributed by atoms with Crippen LogP contribution in [0.2, 0.25) is 0 Å². The zero-order valence-corrected chi connectivity index (χ0v) is 10.6. The molecule has 0 radical (unpaired) electrons. The Morgan fingerprint density at radius 1 is 1.18 bits per heavy atom. The zero-order valence-electron chi connectivity index (χ0n) is 10.6. The summed E-state index contributed by atoms with van der Waals surface area (Å²) in [6.45, 7) is 7.36. The number of hydrogen-bond acceptors (Lipinski definition) is 2. The van der Waals surface area contributed by atoms with Crippen LogP contribution in [0.25, 0.3) is 5.69 Å². The van der Waals surface area contributed by atoms with E-state index in [4.69, 9.17) is 0 Å². The van der Waals surface area contributed by atoms with Crippen LogP contribution in [0.4, 0.5) is 0 Å². The Kier molecular flexibility index (Phi) is 3.29. The van der Waals surface area contributed by atoms with Gasteiger partial charge in [0.05, 0.1) is 5.69 Å². The molecule has 1 N–H and O–H groups in total. The molecule has 17 heavy (non-hydrogen) atoms. The molecule has 0 aliphatic rings. The summed E-state index contributed by atoms with van der Waals surface area (Å²) in [5.41, 5.74) is 2.51. The third kappa shape index (κ3) is 3.17. The third-order valence-electron chi connectivity index (χ3n) is 2.55. The van der Waals surface area contributed by atoms with Gasteiger partial charge in [0.2, 0.25) is 0 Å². The summed E-state index contributed by atoms with van der Waals surface area (Å²) < 4.78 is 1.90. The van der Waals surface area contributed by atoms with E-state index in [2.05, 4.69) is 49.4 Å². The van der Waals surface area contributed by atoms with Gasteiger partial charge in [-0.05, 0) is 38.5 Å². The second kappa shape index (κ2) is 4.72. The lowest BCUT2D eigenvalue weighted by Crippen LogP contribution is -2.35. The van der Waals surface area contributed by atoms with Gasteiger partial charge in [-0.1, -0.05) is 18.2 Å². The van der Waals surface area contributed by atoms with Crippen LogP contribution >= 0.6 is 0 Å². The maximum Gasteiger partial charge on any atom is 0.0690 e. The van der Waals surface area contributed by atoms with Crippen molar-refractivity contribution in [2.75, 3.05) is 0 Å². The molecule has 3 nitrogen and oxygen atoms in total. The van der Waals surface area contributed by atoms with Crippen molar-refractivity contribution in [3.05, 3.63) is 48.3 Å². The van der Waals surface area contributed by atoms with Crippen molar-refractivity contribution in [1.29, 1.82) is 0 Å². The number of rotatable bonds is 3. The first kappa shape index (κ1) is 11.9. The van der Waals surface area contributed by atoms with Crippen LogP contribution in [0.3, 0.4) is 0 Å². The van der Waals surface area contributed by atoms with E-state index in [1.165, 1.54) is 5.56 Å². The number of aromatic nitrogens is 2. The van der Waals surface area contributed by atoms with Crippen molar-refractivity contribution >= 4 is 0 Å². The maximum atomic E-state index is 4.28. The van der Waals surface area contributed by atoms with Crippen molar-refractivity contribution in [1.82, 2.24) is 15.1 Å². The normalized spacial score (nSPS) is 11.7. The molecule has 1 aromatic carbocycles. The minimum Gasteiger partial charge on any atom is -0.308 e. The molecule has 1 aromatic heterocycles. The van der Waals surface area contributed by atoms with Gasteiger partial charge in [0.1, 0.15) is 0 Å². The van der Waals surface area contributed by atoms with E-state index < -0.39 is 0 Å². The van der Waals surface area contributed by atoms with Gasteiger partial charge in [-0.2, -0.15) is 5.10 Å². The molecular formula is C14H19N3. The molecule has 1 heterocycles. The molecule has 0 bridgehead atoms. The summed E-state index contributed by atoms with van der Waals surface area (Å²) in [6, 6.07) is 10.3. The Labute approximate surface area is 102 Å². The fraction of sp³-hybridized carbons (Fsp3) is 0.357. The van der Waals surface area contributed by atoms with E-state index in [9.17, 15) is 0 Å². The monoisotopic (exact) mass is 229 g/mol. The van der Waals surface area contributed by atoms with E-state index in [0.29, 0.717) is 0 Å². The van der Waals surface area contributed by atoms with E-state index in [0.717, 1.165) is 12.2 Å². The van der Waals surface area contributed by atoms with E-state index in [1.807, 2.05) is 23.0 Å². The number of hydrogen-bond donors (Lipinski definition) is 1. The molecule has 0 atom stereocenters. The highest BCUT2D eigenvalue weighted by Crippen LogP contribution is 2.14. The summed E-state index contributed by atoms with van der Waals surface area (Å²) in [4.78, 5) is 0. The average molecular weight is 229 g/mol. The number of nitrogens with one attached hydrogen (secondary N) is 1. The number of benzene rings is 1. The number of nitrogens with zero attached hydrogens (tertiary/aromatic N) is 2. The van der Waals surface area contributed by atoms with Crippen LogP contribution < -0.4 is 5.32 Å². The van der Waals surface area contributed by atoms with Crippen molar-refractivity contribution in [3.8, 4) is 5.69 Å². The van der Waals surface area contributed by atoms with Crippen LogP contribution in [-0.2, 0) is 6.54 Å². The van der Waals surface area contributed by atoms with Gasteiger partial charge in [-0.25, -0.2) is 4.68 Å². The molecule has 3 heteroatoms. The highest BCUT2D eigenvalue weighted by atomic mass is 15.3. The molecule has 0 aliphatic heterocycles. The van der Waals surface area contributed by atoms with Gasteiger partial charge >= 0.3 is 0 Å². The predicted octanol–water partition coefficient (Wildman–Crippen LogP) is 2.76. The Bertz CT molecular complexity index is 466. The van der Waals surface area contributed by atoms with Crippen molar-refractivity contribution in [2.45, 2.75) is 32.9 Å². The van der Waals surface area contributed by atoms with E-state index in [-0.39, 0.29) is 5.54 Å². The minimum absolute atomic E-state index is 0.122. The molecule has 0 unspecified atom stereocenters. The lowest BCUT2D eigenvalue weighted by atomic mass is 10.1. The maximum absolute atomic E-state index is 4.28. The Balaban J connectivity index is 2.23. The van der Waals surface area contributed by atoms with Gasteiger partial charge in [-0.15, -0.1) is 0 Å². The Morgan fingerprint density at radius 2 is 1.94 bits per heavy atom. The Hall–Kier alpha value is -1.61. The first-order valence-electron chi connectivity index (χ1n) is 5.89. The zero-order chi connectivity index (χ0) is 12.3. The first-order valence-corrected chi connectivity index (χ1v) is 5.89. The molecular weight excluding hydrogens is 210 g/mol. The molecule has 0 saturated heterocycles. The van der Waals surface area contributed by atoms with Crippen LogP contribution in [-0.4, -0.2) is 15.3 Å². The average Bonchev–Trinajstić information content (AvgIpc) is 2.79. The molecule has 0 fully saturated rings. The summed E-state index contributed by atoms with van der Waals surface area (Å²) in [7, 11) is 0. The van der Waals surface area contributed by atoms with Crippen molar-refractivity contribution in [2.24, 2.45) is 0 Å². The molecule has 2 rings (SSSR count). The second-order valence-corrected chi connectivity index (χ2v) is 5.18. The molecule has 0 amide bonds. The molecule has 0 spiro atoms. The second-order valence-electron chi connectivity index (χ2n) is 5.18. The molecule has 0 saturated carbocycles. The fourth-order valence-corrected chi connectivity index (χ4v) is 1.66. The largest absolute Gasteiger partial charge is 0.308 e. The summed E-state index contributed by atoms with van der Waals surface area (Å²) >= 11 is 0. The predicted molar refractivity (Wildman–Crippen MR) is 70.2 cm³/mol. The van der Waals surface area contributed by atoms with Crippen molar-refractivity contribution in [3.63, 3.8) is 0 Å². The highest BCUT2D eigenvalue weighted by Gasteiger charge is 2.10. The smallest absolute Gasteiger partial charge is 0.0690 e. The van der Waals surface area contributed by atoms with Gasteiger partial charge in [0.25, 0.3) is 0 Å². The number of para-hydroxylation sites is 1. The standard InChI is InChI=1S/C14H19N3/c1-14(2,3)15-11-12-7-4-5-8-13(12)17-10-6-9-16-17/h4-10,15H,11H2,1-3H3. The highest BCUT2D eigenvalue weighted by molar-refractivity contribution is 5.40. The first-order chi connectivity index (χ1) is 8.06. The van der Waals surface area contributed by atoms with Crippen molar-refractivity contribution < 1.29 is 0 Å². The third-order valence-corrected chi connectivity index (χ3v) is 2.55. The quantitative estimate of drug-likeness (QED) is 0.877. The van der Waals surface area contributed by atoms with Crippen LogP contribution in [0.15, 0.2) is 42.7 Å². The lowest BCUT2D eigenvalue weighted by molar-refractivity contribution is 0.424. The fourth-order valence-electron chi connectivity index (χ4n) is 1.66. The lowest BCUT2D eigenvalue weighted by Gasteiger charge is -2.21. The summed E-state index contributed by atoms with van der Waals surface area (Å²) in [6.07, 6.45) is 3.77. The summed E-state index contributed by atoms with van der Waals surface area (Å²) in [5.74, 6) is 0.